The van der Waals surface area contributed by atoms with E-state index in [4.69, 9.17) is 0 Å². The number of halogens is 1. The summed E-state index contributed by atoms with van der Waals surface area (Å²) < 4.78 is 0.792. The number of carbonyl (C=O) groups is 2. The molecule has 6 heteroatoms. The predicted molar refractivity (Wildman–Crippen MR) is 90.2 cm³/mol. The maximum Gasteiger partial charge on any atom is 0.255 e. The summed E-state index contributed by atoms with van der Waals surface area (Å²) in [5.74, 6) is -0.0196. The molecule has 0 bridgehead atoms. The standard InChI is InChI=1S/C17H16BrN3O2/c18-15-4-2-1-3-14(15)17(23)21-11-9-20(10-12-21)16(22)13-5-7-19-8-6-13/h1-8H,9-12H2. The SMILES string of the molecule is O=C(c1ccncc1)N1CCN(C(=O)c2ccccc2Br)CC1. The zero-order valence-corrected chi connectivity index (χ0v) is 14.1. The molecule has 118 valence electrons. The van der Waals surface area contributed by atoms with Gasteiger partial charge in [-0.25, -0.2) is 0 Å². The Hall–Kier alpha value is -2.21. The molecule has 2 amide bonds. The normalized spacial score (nSPS) is 14.7. The minimum atomic E-state index is -0.0135. The smallest absolute Gasteiger partial charge is 0.255 e. The fraction of sp³-hybridized carbons (Fsp3) is 0.235. The van der Waals surface area contributed by atoms with Gasteiger partial charge in [-0.2, -0.15) is 0 Å². The van der Waals surface area contributed by atoms with Gasteiger partial charge in [0.2, 0.25) is 0 Å². The molecule has 1 aliphatic rings. The van der Waals surface area contributed by atoms with Crippen LogP contribution in [0.3, 0.4) is 0 Å². The van der Waals surface area contributed by atoms with Gasteiger partial charge in [0.25, 0.3) is 11.8 Å². The van der Waals surface area contributed by atoms with Crippen molar-refractivity contribution in [2.24, 2.45) is 0 Å². The molecule has 0 spiro atoms. The molecule has 0 N–H and O–H groups in total. The molecule has 2 aromatic rings. The largest absolute Gasteiger partial charge is 0.335 e. The molecule has 1 saturated heterocycles. The van der Waals surface area contributed by atoms with E-state index in [9.17, 15) is 9.59 Å². The minimum Gasteiger partial charge on any atom is -0.335 e. The van der Waals surface area contributed by atoms with Crippen LogP contribution in [-0.2, 0) is 0 Å². The van der Waals surface area contributed by atoms with Gasteiger partial charge in [0, 0.05) is 48.6 Å². The van der Waals surface area contributed by atoms with E-state index in [0.717, 1.165) is 4.47 Å². The second-order valence-electron chi connectivity index (χ2n) is 5.30. The van der Waals surface area contributed by atoms with E-state index in [1.165, 1.54) is 0 Å². The van der Waals surface area contributed by atoms with Crippen molar-refractivity contribution in [3.63, 3.8) is 0 Å². The first-order chi connectivity index (χ1) is 11.2. The van der Waals surface area contributed by atoms with Crippen LogP contribution in [0.2, 0.25) is 0 Å². The lowest BCUT2D eigenvalue weighted by Gasteiger charge is -2.35. The third kappa shape index (κ3) is 3.42. The lowest BCUT2D eigenvalue weighted by atomic mass is 10.1. The Kier molecular flexibility index (Phi) is 4.71. The second kappa shape index (κ2) is 6.91. The van der Waals surface area contributed by atoms with Crippen LogP contribution >= 0.6 is 15.9 Å². The van der Waals surface area contributed by atoms with Crippen LogP contribution in [0.25, 0.3) is 0 Å². The van der Waals surface area contributed by atoms with E-state index in [-0.39, 0.29) is 11.8 Å². The van der Waals surface area contributed by atoms with E-state index in [1.807, 2.05) is 18.2 Å². The monoisotopic (exact) mass is 373 g/mol. The van der Waals surface area contributed by atoms with Crippen molar-refractivity contribution in [2.75, 3.05) is 26.2 Å². The number of aromatic nitrogens is 1. The van der Waals surface area contributed by atoms with Gasteiger partial charge in [-0.1, -0.05) is 12.1 Å². The molecule has 1 aromatic heterocycles. The van der Waals surface area contributed by atoms with E-state index < -0.39 is 0 Å². The first-order valence-electron chi connectivity index (χ1n) is 7.40. The lowest BCUT2D eigenvalue weighted by Crippen LogP contribution is -2.50. The number of piperazine rings is 1. The van der Waals surface area contributed by atoms with Crippen molar-refractivity contribution in [1.82, 2.24) is 14.8 Å². The van der Waals surface area contributed by atoms with Crippen molar-refractivity contribution >= 4 is 27.7 Å². The molecule has 3 rings (SSSR count). The Bertz CT molecular complexity index is 713. The highest BCUT2D eigenvalue weighted by Gasteiger charge is 2.26. The van der Waals surface area contributed by atoms with Gasteiger partial charge in [-0.05, 0) is 40.2 Å². The molecule has 1 aliphatic heterocycles. The van der Waals surface area contributed by atoms with Gasteiger partial charge >= 0.3 is 0 Å². The zero-order chi connectivity index (χ0) is 16.2. The minimum absolute atomic E-state index is 0.00603. The van der Waals surface area contributed by atoms with Gasteiger partial charge in [0.05, 0.1) is 5.56 Å². The number of benzene rings is 1. The third-order valence-corrected chi connectivity index (χ3v) is 4.58. The van der Waals surface area contributed by atoms with Crippen LogP contribution in [0.5, 0.6) is 0 Å². The third-order valence-electron chi connectivity index (χ3n) is 3.89. The van der Waals surface area contributed by atoms with Crippen molar-refractivity contribution in [2.45, 2.75) is 0 Å². The number of hydrogen-bond donors (Lipinski definition) is 0. The van der Waals surface area contributed by atoms with Crippen molar-refractivity contribution < 1.29 is 9.59 Å². The molecular formula is C17H16BrN3O2. The van der Waals surface area contributed by atoms with E-state index in [1.54, 1.807) is 40.4 Å². The van der Waals surface area contributed by atoms with Gasteiger partial charge in [-0.15, -0.1) is 0 Å². The van der Waals surface area contributed by atoms with Crippen LogP contribution in [0.15, 0.2) is 53.3 Å². The van der Waals surface area contributed by atoms with Crippen LogP contribution in [0.4, 0.5) is 0 Å². The summed E-state index contributed by atoms with van der Waals surface area (Å²) in [6.45, 7) is 2.16. The maximum atomic E-state index is 12.6. The fourth-order valence-electron chi connectivity index (χ4n) is 2.59. The summed E-state index contributed by atoms with van der Waals surface area (Å²) >= 11 is 3.41. The topological polar surface area (TPSA) is 53.5 Å². The summed E-state index contributed by atoms with van der Waals surface area (Å²) in [5.41, 5.74) is 1.28. The number of nitrogens with zero attached hydrogens (tertiary/aromatic N) is 3. The molecule has 0 saturated carbocycles. The highest BCUT2D eigenvalue weighted by atomic mass is 79.9. The predicted octanol–water partition coefficient (Wildman–Crippen LogP) is 2.44. The molecule has 5 nitrogen and oxygen atoms in total. The number of carbonyl (C=O) groups excluding carboxylic acids is 2. The van der Waals surface area contributed by atoms with E-state index >= 15 is 0 Å². The zero-order valence-electron chi connectivity index (χ0n) is 12.5. The molecule has 0 unspecified atom stereocenters. The lowest BCUT2D eigenvalue weighted by molar-refractivity contribution is 0.0535. The average Bonchev–Trinajstić information content (AvgIpc) is 2.62. The van der Waals surface area contributed by atoms with Crippen LogP contribution in [-0.4, -0.2) is 52.8 Å². The van der Waals surface area contributed by atoms with Gasteiger partial charge < -0.3 is 9.80 Å². The quantitative estimate of drug-likeness (QED) is 0.812. The Balaban J connectivity index is 1.64. The number of rotatable bonds is 2. The Morgan fingerprint density at radius 3 is 2.04 bits per heavy atom. The van der Waals surface area contributed by atoms with E-state index in [2.05, 4.69) is 20.9 Å². The summed E-state index contributed by atoms with van der Waals surface area (Å²) in [7, 11) is 0. The summed E-state index contributed by atoms with van der Waals surface area (Å²) in [6, 6.07) is 10.8. The van der Waals surface area contributed by atoms with Gasteiger partial charge in [-0.3, -0.25) is 14.6 Å². The maximum absolute atomic E-state index is 12.6. The highest BCUT2D eigenvalue weighted by Crippen LogP contribution is 2.19. The second-order valence-corrected chi connectivity index (χ2v) is 6.15. The average molecular weight is 374 g/mol. The van der Waals surface area contributed by atoms with Gasteiger partial charge in [0.1, 0.15) is 0 Å². The van der Waals surface area contributed by atoms with Crippen molar-refractivity contribution in [1.29, 1.82) is 0 Å². The van der Waals surface area contributed by atoms with Crippen molar-refractivity contribution in [3.05, 3.63) is 64.4 Å². The summed E-state index contributed by atoms with van der Waals surface area (Å²) in [6.07, 6.45) is 3.22. The van der Waals surface area contributed by atoms with E-state index in [0.29, 0.717) is 37.3 Å². The first kappa shape index (κ1) is 15.7. The molecule has 1 fully saturated rings. The number of hydrogen-bond acceptors (Lipinski definition) is 3. The fourth-order valence-corrected chi connectivity index (χ4v) is 3.05. The molecule has 0 atom stereocenters. The Morgan fingerprint density at radius 2 is 1.43 bits per heavy atom. The molecule has 23 heavy (non-hydrogen) atoms. The van der Waals surface area contributed by atoms with Gasteiger partial charge in [0.15, 0.2) is 0 Å². The van der Waals surface area contributed by atoms with Crippen LogP contribution in [0.1, 0.15) is 20.7 Å². The summed E-state index contributed by atoms with van der Waals surface area (Å²) in [5, 5.41) is 0. The number of pyridine rings is 1. The molecule has 2 heterocycles. The molecule has 1 aromatic carbocycles. The Morgan fingerprint density at radius 1 is 0.870 bits per heavy atom. The summed E-state index contributed by atoms with van der Waals surface area (Å²) in [4.78, 5) is 32.4. The first-order valence-corrected chi connectivity index (χ1v) is 8.19. The van der Waals surface area contributed by atoms with Crippen LogP contribution in [0, 0.1) is 0 Å². The molecular weight excluding hydrogens is 358 g/mol. The highest BCUT2D eigenvalue weighted by molar-refractivity contribution is 9.10. The Labute approximate surface area is 143 Å². The van der Waals surface area contributed by atoms with Crippen molar-refractivity contribution in [3.8, 4) is 0 Å². The molecule has 0 radical (unpaired) electrons. The van der Waals surface area contributed by atoms with Crippen LogP contribution < -0.4 is 0 Å². The molecule has 0 aliphatic carbocycles. The number of amides is 2.